The average Bonchev–Trinajstić information content (AvgIpc) is 2.34. The predicted molar refractivity (Wildman–Crippen MR) is 79.5 cm³/mol. The molecule has 0 radical (unpaired) electrons. The maximum absolute atomic E-state index is 3.80. The van der Waals surface area contributed by atoms with Gasteiger partial charge < -0.3 is 5.32 Å². The highest BCUT2D eigenvalue weighted by molar-refractivity contribution is 4.78. The van der Waals surface area contributed by atoms with Crippen LogP contribution in [0.2, 0.25) is 0 Å². The Hall–Kier alpha value is -0.0400. The fourth-order valence-electron chi connectivity index (χ4n) is 2.66. The van der Waals surface area contributed by atoms with Gasteiger partial charge in [-0.2, -0.15) is 0 Å². The molecule has 0 aliphatic carbocycles. The zero-order chi connectivity index (χ0) is 13.1. The molecule has 0 amide bonds. The van der Waals surface area contributed by atoms with E-state index in [0.29, 0.717) is 0 Å². The first-order valence-corrected chi connectivity index (χ1v) is 7.92. The van der Waals surface area contributed by atoms with Gasteiger partial charge in [0, 0.05) is 6.04 Å². The lowest BCUT2D eigenvalue weighted by Gasteiger charge is -2.30. The Balaban J connectivity index is 4.35. The average molecular weight is 241 g/mol. The maximum Gasteiger partial charge on any atom is 0.00978 e. The molecular weight excluding hydrogens is 206 g/mol. The van der Waals surface area contributed by atoms with Crippen LogP contribution < -0.4 is 5.32 Å². The lowest BCUT2D eigenvalue weighted by molar-refractivity contribution is 0.266. The fraction of sp³-hybridized carbons (Fsp3) is 1.00. The summed E-state index contributed by atoms with van der Waals surface area (Å²) in [4.78, 5) is 0. The van der Waals surface area contributed by atoms with Crippen LogP contribution >= 0.6 is 0 Å². The van der Waals surface area contributed by atoms with Gasteiger partial charge in [-0.25, -0.2) is 0 Å². The molecule has 0 aromatic heterocycles. The van der Waals surface area contributed by atoms with Crippen LogP contribution in [0.1, 0.15) is 79.6 Å². The SMILES string of the molecule is CCCNC(CC(C)CC)C(CCC)CCC. The van der Waals surface area contributed by atoms with Crippen LogP contribution in [0.3, 0.4) is 0 Å². The summed E-state index contributed by atoms with van der Waals surface area (Å²) >= 11 is 0. The van der Waals surface area contributed by atoms with E-state index >= 15 is 0 Å². The minimum atomic E-state index is 0.754. The molecule has 0 aliphatic heterocycles. The van der Waals surface area contributed by atoms with Crippen molar-refractivity contribution in [3.63, 3.8) is 0 Å². The van der Waals surface area contributed by atoms with Crippen LogP contribution in [0.25, 0.3) is 0 Å². The summed E-state index contributed by atoms with van der Waals surface area (Å²) in [5, 5.41) is 3.80. The molecule has 0 fully saturated rings. The molecule has 1 N–H and O–H groups in total. The van der Waals surface area contributed by atoms with Crippen LogP contribution in [0.4, 0.5) is 0 Å². The van der Waals surface area contributed by atoms with Gasteiger partial charge in [0.2, 0.25) is 0 Å². The molecule has 0 saturated carbocycles. The lowest BCUT2D eigenvalue weighted by Crippen LogP contribution is -2.38. The summed E-state index contributed by atoms with van der Waals surface area (Å²) in [7, 11) is 0. The highest BCUT2D eigenvalue weighted by atomic mass is 14.9. The van der Waals surface area contributed by atoms with E-state index in [1.54, 1.807) is 0 Å². The van der Waals surface area contributed by atoms with E-state index in [0.717, 1.165) is 17.9 Å². The minimum absolute atomic E-state index is 0.754. The van der Waals surface area contributed by atoms with Crippen LogP contribution in [0.15, 0.2) is 0 Å². The molecule has 0 saturated heterocycles. The van der Waals surface area contributed by atoms with E-state index in [1.807, 2.05) is 0 Å². The topological polar surface area (TPSA) is 12.0 Å². The van der Waals surface area contributed by atoms with E-state index in [9.17, 15) is 0 Å². The summed E-state index contributed by atoms with van der Waals surface area (Å²) in [6.45, 7) is 12.8. The van der Waals surface area contributed by atoms with Gasteiger partial charge >= 0.3 is 0 Å². The van der Waals surface area contributed by atoms with Crippen molar-refractivity contribution in [2.45, 2.75) is 85.6 Å². The van der Waals surface area contributed by atoms with Crippen molar-refractivity contribution in [1.29, 1.82) is 0 Å². The molecule has 2 atom stereocenters. The smallest absolute Gasteiger partial charge is 0.00978 e. The van der Waals surface area contributed by atoms with Crippen molar-refractivity contribution in [2.24, 2.45) is 11.8 Å². The molecule has 0 aromatic carbocycles. The molecule has 1 nitrogen and oxygen atoms in total. The van der Waals surface area contributed by atoms with Crippen molar-refractivity contribution in [1.82, 2.24) is 5.32 Å². The van der Waals surface area contributed by atoms with Crippen LogP contribution in [0.5, 0.6) is 0 Å². The Kier molecular flexibility index (Phi) is 11.0. The second kappa shape index (κ2) is 11.1. The highest BCUT2D eigenvalue weighted by Crippen LogP contribution is 2.24. The van der Waals surface area contributed by atoms with Crippen molar-refractivity contribution < 1.29 is 0 Å². The zero-order valence-electron chi connectivity index (χ0n) is 12.9. The van der Waals surface area contributed by atoms with Gasteiger partial charge in [-0.3, -0.25) is 0 Å². The van der Waals surface area contributed by atoms with Gasteiger partial charge in [0.1, 0.15) is 0 Å². The van der Waals surface area contributed by atoms with Gasteiger partial charge in [-0.1, -0.05) is 53.9 Å². The van der Waals surface area contributed by atoms with E-state index in [1.165, 1.54) is 51.5 Å². The monoisotopic (exact) mass is 241 g/mol. The second-order valence-corrected chi connectivity index (χ2v) is 5.65. The highest BCUT2D eigenvalue weighted by Gasteiger charge is 2.21. The predicted octanol–water partition coefficient (Wildman–Crippen LogP) is 5.01. The molecule has 0 bridgehead atoms. The zero-order valence-corrected chi connectivity index (χ0v) is 12.9. The fourth-order valence-corrected chi connectivity index (χ4v) is 2.66. The van der Waals surface area contributed by atoms with E-state index < -0.39 is 0 Å². The normalized spacial score (nSPS) is 15.2. The summed E-state index contributed by atoms with van der Waals surface area (Å²) in [5.41, 5.74) is 0. The Morgan fingerprint density at radius 2 is 1.47 bits per heavy atom. The molecule has 1 heteroatoms. The van der Waals surface area contributed by atoms with Gasteiger partial charge in [0.25, 0.3) is 0 Å². The summed E-state index contributed by atoms with van der Waals surface area (Å²) in [6, 6.07) is 0.754. The largest absolute Gasteiger partial charge is 0.314 e. The summed E-state index contributed by atoms with van der Waals surface area (Å²) in [6.07, 6.45) is 9.38. The quantitative estimate of drug-likeness (QED) is 0.536. The van der Waals surface area contributed by atoms with Gasteiger partial charge in [0.15, 0.2) is 0 Å². The van der Waals surface area contributed by atoms with Crippen LogP contribution in [-0.2, 0) is 0 Å². The Bertz CT molecular complexity index is 150. The summed E-state index contributed by atoms with van der Waals surface area (Å²) in [5.74, 6) is 1.76. The molecule has 2 unspecified atom stereocenters. The standard InChI is InChI=1S/C16H35N/c1-6-10-15(11-7-2)16(17-12-8-3)13-14(5)9-4/h14-17H,6-13H2,1-5H3. The second-order valence-electron chi connectivity index (χ2n) is 5.65. The Labute approximate surface area is 110 Å². The maximum atomic E-state index is 3.80. The Morgan fingerprint density at radius 1 is 0.882 bits per heavy atom. The van der Waals surface area contributed by atoms with E-state index in [4.69, 9.17) is 0 Å². The number of hydrogen-bond donors (Lipinski definition) is 1. The molecule has 0 heterocycles. The van der Waals surface area contributed by atoms with Gasteiger partial charge in [-0.15, -0.1) is 0 Å². The number of rotatable bonds is 11. The molecule has 0 spiro atoms. The molecule has 0 aromatic rings. The molecule has 104 valence electrons. The Morgan fingerprint density at radius 3 is 1.88 bits per heavy atom. The van der Waals surface area contributed by atoms with Gasteiger partial charge in [0.05, 0.1) is 0 Å². The van der Waals surface area contributed by atoms with Gasteiger partial charge in [-0.05, 0) is 44.1 Å². The third-order valence-corrected chi connectivity index (χ3v) is 3.90. The van der Waals surface area contributed by atoms with Crippen LogP contribution in [0, 0.1) is 11.8 Å². The van der Waals surface area contributed by atoms with E-state index in [-0.39, 0.29) is 0 Å². The minimum Gasteiger partial charge on any atom is -0.314 e. The molecule has 0 rings (SSSR count). The third-order valence-electron chi connectivity index (χ3n) is 3.90. The molecule has 0 aliphatic rings. The van der Waals surface area contributed by atoms with Crippen molar-refractivity contribution in [3.05, 3.63) is 0 Å². The van der Waals surface area contributed by atoms with E-state index in [2.05, 4.69) is 39.9 Å². The van der Waals surface area contributed by atoms with Crippen LogP contribution in [-0.4, -0.2) is 12.6 Å². The first-order chi connectivity index (χ1) is 8.19. The van der Waals surface area contributed by atoms with Crippen molar-refractivity contribution >= 4 is 0 Å². The lowest BCUT2D eigenvalue weighted by atomic mass is 9.84. The van der Waals surface area contributed by atoms with Crippen molar-refractivity contribution in [2.75, 3.05) is 6.54 Å². The number of nitrogens with one attached hydrogen (secondary N) is 1. The third kappa shape index (κ3) is 7.81. The molecular formula is C16H35N. The molecule has 17 heavy (non-hydrogen) atoms. The van der Waals surface area contributed by atoms with Crippen molar-refractivity contribution in [3.8, 4) is 0 Å². The first-order valence-electron chi connectivity index (χ1n) is 7.92. The summed E-state index contributed by atoms with van der Waals surface area (Å²) < 4.78 is 0. The number of hydrogen-bond acceptors (Lipinski definition) is 1. The first kappa shape index (κ1) is 17.0.